The van der Waals surface area contributed by atoms with Gasteiger partial charge in [-0.25, -0.2) is 4.39 Å². The molecule has 0 aliphatic heterocycles. The first kappa shape index (κ1) is 16.5. The zero-order valence-corrected chi connectivity index (χ0v) is 12.9. The van der Waals surface area contributed by atoms with E-state index in [9.17, 15) is 4.39 Å². The Hall–Kier alpha value is -0.600. The molecule has 1 aromatic rings. The van der Waals surface area contributed by atoms with Crippen LogP contribution in [-0.2, 0) is 6.42 Å². The summed E-state index contributed by atoms with van der Waals surface area (Å²) in [6, 6.07) is 5.43. The normalized spacial score (nSPS) is 14.4. The van der Waals surface area contributed by atoms with E-state index in [-0.39, 0.29) is 10.8 Å². The van der Waals surface area contributed by atoms with Crippen LogP contribution in [0.25, 0.3) is 0 Å². The Labute approximate surface area is 121 Å². The smallest absolute Gasteiger partial charge is 0.142 e. The van der Waals surface area contributed by atoms with Gasteiger partial charge in [0.25, 0.3) is 0 Å². The lowest BCUT2D eigenvalue weighted by atomic mass is 9.91. The zero-order chi connectivity index (χ0) is 14.3. The van der Waals surface area contributed by atoms with E-state index in [2.05, 4.69) is 26.1 Å². The monoisotopic (exact) mass is 285 g/mol. The molecular weight excluding hydrogens is 261 g/mol. The van der Waals surface area contributed by atoms with Crippen molar-refractivity contribution in [1.82, 2.24) is 5.32 Å². The summed E-state index contributed by atoms with van der Waals surface area (Å²) in [5, 5.41) is 3.84. The maximum atomic E-state index is 13.5. The summed E-state index contributed by atoms with van der Waals surface area (Å²) < 4.78 is 13.5. The minimum absolute atomic E-state index is 0.273. The lowest BCUT2D eigenvalue weighted by Crippen LogP contribution is -2.37. The quantitative estimate of drug-likeness (QED) is 0.722. The third kappa shape index (κ3) is 5.12. The average molecular weight is 286 g/mol. The van der Waals surface area contributed by atoms with Crippen molar-refractivity contribution in [2.24, 2.45) is 5.92 Å². The van der Waals surface area contributed by atoms with Gasteiger partial charge in [-0.1, -0.05) is 50.9 Å². The molecule has 0 saturated heterocycles. The molecule has 0 aliphatic rings. The summed E-state index contributed by atoms with van der Waals surface area (Å²) in [5.74, 6) is 0.243. The van der Waals surface area contributed by atoms with E-state index in [1.807, 2.05) is 6.07 Å². The molecule has 0 bridgehead atoms. The third-order valence-electron chi connectivity index (χ3n) is 3.56. The van der Waals surface area contributed by atoms with Crippen LogP contribution < -0.4 is 5.32 Å². The Bertz CT molecular complexity index is 381. The van der Waals surface area contributed by atoms with E-state index in [4.69, 9.17) is 11.6 Å². The summed E-state index contributed by atoms with van der Waals surface area (Å²) in [6.45, 7) is 7.60. The molecule has 1 nitrogen and oxygen atoms in total. The van der Waals surface area contributed by atoms with Gasteiger partial charge < -0.3 is 5.32 Å². The maximum absolute atomic E-state index is 13.5. The summed E-state index contributed by atoms with van der Waals surface area (Å²) in [6.07, 6.45) is 4.24. The van der Waals surface area contributed by atoms with Crippen LogP contribution in [0, 0.1) is 11.7 Å². The van der Waals surface area contributed by atoms with Crippen LogP contribution in [0.5, 0.6) is 0 Å². The topological polar surface area (TPSA) is 12.0 Å². The Kier molecular flexibility index (Phi) is 7.40. The van der Waals surface area contributed by atoms with Gasteiger partial charge in [0, 0.05) is 6.04 Å². The Balaban J connectivity index is 2.78. The van der Waals surface area contributed by atoms with Crippen LogP contribution in [0.15, 0.2) is 18.2 Å². The standard InChI is InChI=1S/C16H25ClFN/c1-4-7-12(3)15(19-10-5-2)11-13-8-6-9-14(18)16(13)17/h6,8-9,12,15,19H,4-5,7,10-11H2,1-3H3. The molecule has 0 amide bonds. The largest absolute Gasteiger partial charge is 0.313 e. The first-order valence-corrected chi connectivity index (χ1v) is 7.64. The molecule has 0 aliphatic carbocycles. The molecule has 2 atom stereocenters. The predicted octanol–water partition coefficient (Wildman–Crippen LogP) is 4.83. The van der Waals surface area contributed by atoms with Crippen molar-refractivity contribution in [3.8, 4) is 0 Å². The van der Waals surface area contributed by atoms with Crippen molar-refractivity contribution in [2.75, 3.05) is 6.54 Å². The maximum Gasteiger partial charge on any atom is 0.142 e. The molecule has 19 heavy (non-hydrogen) atoms. The molecule has 1 N–H and O–H groups in total. The Morgan fingerprint density at radius 2 is 2.00 bits per heavy atom. The fraction of sp³-hybridized carbons (Fsp3) is 0.625. The summed E-state index contributed by atoms with van der Waals surface area (Å²) in [5.41, 5.74) is 0.901. The lowest BCUT2D eigenvalue weighted by molar-refractivity contribution is 0.352. The van der Waals surface area contributed by atoms with Gasteiger partial charge in [0.05, 0.1) is 5.02 Å². The van der Waals surface area contributed by atoms with Gasteiger partial charge >= 0.3 is 0 Å². The highest BCUT2D eigenvalue weighted by Gasteiger charge is 2.18. The molecule has 0 heterocycles. The van der Waals surface area contributed by atoms with E-state index in [0.717, 1.165) is 24.9 Å². The molecule has 0 saturated carbocycles. The minimum atomic E-state index is -0.323. The van der Waals surface area contributed by atoms with Gasteiger partial charge in [-0.3, -0.25) is 0 Å². The number of rotatable bonds is 8. The van der Waals surface area contributed by atoms with Crippen LogP contribution in [0.4, 0.5) is 4.39 Å². The van der Waals surface area contributed by atoms with Gasteiger partial charge in [-0.15, -0.1) is 0 Å². The van der Waals surface area contributed by atoms with Crippen LogP contribution in [-0.4, -0.2) is 12.6 Å². The van der Waals surface area contributed by atoms with Crippen LogP contribution in [0.2, 0.25) is 5.02 Å². The molecule has 2 unspecified atom stereocenters. The van der Waals surface area contributed by atoms with Crippen molar-refractivity contribution < 1.29 is 4.39 Å². The second-order valence-corrected chi connectivity index (χ2v) is 5.62. The molecule has 108 valence electrons. The molecule has 0 radical (unpaired) electrons. The lowest BCUT2D eigenvalue weighted by Gasteiger charge is -2.25. The Morgan fingerprint density at radius 1 is 1.26 bits per heavy atom. The summed E-state index contributed by atoms with van der Waals surface area (Å²) >= 11 is 6.05. The number of halogens is 2. The average Bonchev–Trinajstić information content (AvgIpc) is 2.39. The first-order valence-electron chi connectivity index (χ1n) is 7.26. The molecule has 0 fully saturated rings. The van der Waals surface area contributed by atoms with Gasteiger partial charge in [0.2, 0.25) is 0 Å². The fourth-order valence-corrected chi connectivity index (χ4v) is 2.61. The zero-order valence-electron chi connectivity index (χ0n) is 12.2. The van der Waals surface area contributed by atoms with Gasteiger partial charge in [-0.2, -0.15) is 0 Å². The second kappa shape index (κ2) is 8.55. The molecule has 1 rings (SSSR count). The molecular formula is C16H25ClFN. The van der Waals surface area contributed by atoms with Crippen molar-refractivity contribution in [1.29, 1.82) is 0 Å². The van der Waals surface area contributed by atoms with E-state index in [1.165, 1.54) is 18.9 Å². The fourth-order valence-electron chi connectivity index (χ4n) is 2.40. The molecule has 0 aromatic heterocycles. The van der Waals surface area contributed by atoms with Gasteiger partial charge in [0.15, 0.2) is 0 Å². The summed E-state index contributed by atoms with van der Waals surface area (Å²) in [7, 11) is 0. The Morgan fingerprint density at radius 3 is 2.63 bits per heavy atom. The van der Waals surface area contributed by atoms with E-state index >= 15 is 0 Å². The SMILES string of the molecule is CCCNC(Cc1cccc(F)c1Cl)C(C)CCC. The predicted molar refractivity (Wildman–Crippen MR) is 81.3 cm³/mol. The van der Waals surface area contributed by atoms with Crippen LogP contribution >= 0.6 is 11.6 Å². The highest BCUT2D eigenvalue weighted by Crippen LogP contribution is 2.23. The van der Waals surface area contributed by atoms with Crippen molar-refractivity contribution >= 4 is 11.6 Å². The number of hydrogen-bond donors (Lipinski definition) is 1. The first-order chi connectivity index (χ1) is 9.10. The third-order valence-corrected chi connectivity index (χ3v) is 3.98. The van der Waals surface area contributed by atoms with Gasteiger partial charge in [0.1, 0.15) is 5.82 Å². The van der Waals surface area contributed by atoms with E-state index < -0.39 is 0 Å². The number of benzene rings is 1. The number of hydrogen-bond acceptors (Lipinski definition) is 1. The highest BCUT2D eigenvalue weighted by molar-refractivity contribution is 6.31. The van der Waals surface area contributed by atoms with E-state index in [1.54, 1.807) is 6.07 Å². The van der Waals surface area contributed by atoms with Gasteiger partial charge in [-0.05, 0) is 43.4 Å². The second-order valence-electron chi connectivity index (χ2n) is 5.24. The number of nitrogens with one attached hydrogen (secondary N) is 1. The van der Waals surface area contributed by atoms with E-state index in [0.29, 0.717) is 12.0 Å². The van der Waals surface area contributed by atoms with Crippen molar-refractivity contribution in [3.63, 3.8) is 0 Å². The van der Waals surface area contributed by atoms with Crippen molar-refractivity contribution in [2.45, 2.75) is 52.5 Å². The molecule has 3 heteroatoms. The van der Waals surface area contributed by atoms with Crippen LogP contribution in [0.3, 0.4) is 0 Å². The van der Waals surface area contributed by atoms with Crippen molar-refractivity contribution in [3.05, 3.63) is 34.6 Å². The van der Waals surface area contributed by atoms with Crippen LogP contribution in [0.1, 0.15) is 45.6 Å². The molecule has 1 aromatic carbocycles. The summed E-state index contributed by atoms with van der Waals surface area (Å²) in [4.78, 5) is 0. The minimum Gasteiger partial charge on any atom is -0.313 e. The molecule has 0 spiro atoms. The highest BCUT2D eigenvalue weighted by atomic mass is 35.5.